The molecule has 0 atom stereocenters. The number of hydrogen-bond donors (Lipinski definition) is 1. The number of aromatic nitrogens is 3. The minimum atomic E-state index is -0.953. The number of para-hydroxylation sites is 1. The zero-order chi connectivity index (χ0) is 14.1. The van der Waals surface area contributed by atoms with Crippen molar-refractivity contribution in [2.75, 3.05) is 0 Å². The number of benzene rings is 1. The number of aryl methyl sites for hydroxylation is 1. The molecule has 3 rings (SSSR count). The molecule has 0 saturated heterocycles. The van der Waals surface area contributed by atoms with Crippen molar-refractivity contribution in [1.82, 2.24) is 15.0 Å². The second-order valence-electron chi connectivity index (χ2n) is 4.01. The molecule has 2 aromatic heterocycles. The van der Waals surface area contributed by atoms with Gasteiger partial charge in [-0.1, -0.05) is 29.5 Å². The normalized spacial score (nSPS) is 10.8. The molecule has 1 N–H and O–H groups in total. The lowest BCUT2D eigenvalue weighted by atomic mass is 10.2. The van der Waals surface area contributed by atoms with Crippen LogP contribution in [0.5, 0.6) is 0 Å². The maximum absolute atomic E-state index is 11.0. The summed E-state index contributed by atoms with van der Waals surface area (Å²) in [6, 6.07) is 7.71. The van der Waals surface area contributed by atoms with Crippen LogP contribution in [0.4, 0.5) is 0 Å². The molecule has 3 aromatic rings. The predicted octanol–water partition coefficient (Wildman–Crippen LogP) is 3.24. The Bertz CT molecular complexity index is 801. The van der Waals surface area contributed by atoms with E-state index in [4.69, 9.17) is 5.11 Å². The molecule has 1 aromatic carbocycles. The zero-order valence-electron chi connectivity index (χ0n) is 10.4. The molecule has 2 heterocycles. The summed E-state index contributed by atoms with van der Waals surface area (Å²) in [5.41, 5.74) is 1.38. The molecule has 0 amide bonds. The summed E-state index contributed by atoms with van der Waals surface area (Å²) in [6.45, 7) is 1.69. The van der Waals surface area contributed by atoms with E-state index in [1.165, 1.54) is 11.8 Å². The van der Waals surface area contributed by atoms with Gasteiger partial charge < -0.3 is 5.11 Å². The van der Waals surface area contributed by atoms with E-state index in [9.17, 15) is 4.79 Å². The maximum Gasteiger partial charge on any atom is 0.347 e. The van der Waals surface area contributed by atoms with E-state index in [2.05, 4.69) is 15.0 Å². The Labute approximate surface area is 122 Å². The third-order valence-corrected chi connectivity index (χ3v) is 4.70. The highest BCUT2D eigenvalue weighted by molar-refractivity contribution is 8.00. The predicted molar refractivity (Wildman–Crippen MR) is 77.5 cm³/mol. The van der Waals surface area contributed by atoms with Gasteiger partial charge in [0.15, 0.2) is 9.50 Å². The lowest BCUT2D eigenvalue weighted by Gasteiger charge is -1.99. The van der Waals surface area contributed by atoms with Crippen LogP contribution in [-0.2, 0) is 0 Å². The fourth-order valence-electron chi connectivity index (χ4n) is 1.70. The van der Waals surface area contributed by atoms with E-state index in [1.54, 1.807) is 13.1 Å². The minimum Gasteiger partial charge on any atom is -0.477 e. The Balaban J connectivity index is 1.92. The van der Waals surface area contributed by atoms with Crippen LogP contribution in [0.25, 0.3) is 10.9 Å². The van der Waals surface area contributed by atoms with Crippen LogP contribution in [0.15, 0.2) is 40.0 Å². The molecule has 0 unspecified atom stereocenters. The van der Waals surface area contributed by atoms with Gasteiger partial charge in [-0.05, 0) is 24.8 Å². The number of carboxylic acid groups (broad SMARTS) is 1. The zero-order valence-corrected chi connectivity index (χ0v) is 12.0. The highest BCUT2D eigenvalue weighted by Gasteiger charge is 2.15. The molecule has 100 valence electrons. The number of rotatable bonds is 3. The van der Waals surface area contributed by atoms with Gasteiger partial charge in [0.25, 0.3) is 0 Å². The lowest BCUT2D eigenvalue weighted by Crippen LogP contribution is -1.94. The molecule has 5 nitrogen and oxygen atoms in total. The summed E-state index contributed by atoms with van der Waals surface area (Å²) in [4.78, 5) is 24.2. The highest BCUT2D eigenvalue weighted by atomic mass is 32.2. The quantitative estimate of drug-likeness (QED) is 0.749. The third kappa shape index (κ3) is 2.50. The lowest BCUT2D eigenvalue weighted by molar-refractivity contribution is 0.0701. The SMILES string of the molecule is Cc1nc(Sc2ncc3ccccc3n2)sc1C(=O)O. The summed E-state index contributed by atoms with van der Waals surface area (Å²) in [5.74, 6) is -0.953. The Kier molecular flexibility index (Phi) is 3.37. The van der Waals surface area contributed by atoms with Crippen LogP contribution in [0.3, 0.4) is 0 Å². The number of hydrogen-bond acceptors (Lipinski definition) is 6. The van der Waals surface area contributed by atoms with Crippen molar-refractivity contribution in [2.45, 2.75) is 16.4 Å². The average molecular weight is 303 g/mol. The van der Waals surface area contributed by atoms with Crippen molar-refractivity contribution in [3.8, 4) is 0 Å². The number of carboxylic acids is 1. The van der Waals surface area contributed by atoms with E-state index in [0.717, 1.165) is 22.2 Å². The molecule has 0 fully saturated rings. The fraction of sp³-hybridized carbons (Fsp3) is 0.0769. The number of carbonyl (C=O) groups is 1. The first-order valence-corrected chi connectivity index (χ1v) is 7.37. The first-order valence-electron chi connectivity index (χ1n) is 5.74. The summed E-state index contributed by atoms with van der Waals surface area (Å²) in [6.07, 6.45) is 1.75. The van der Waals surface area contributed by atoms with Gasteiger partial charge in [0.2, 0.25) is 0 Å². The van der Waals surface area contributed by atoms with Crippen molar-refractivity contribution < 1.29 is 9.90 Å². The van der Waals surface area contributed by atoms with Gasteiger partial charge in [-0.25, -0.2) is 19.7 Å². The standard InChI is InChI=1S/C13H9N3O2S2/c1-7-10(11(17)18)19-13(15-7)20-12-14-6-8-4-2-3-5-9(8)16-12/h2-6H,1H3,(H,17,18). The molecule has 20 heavy (non-hydrogen) atoms. The summed E-state index contributed by atoms with van der Waals surface area (Å²) in [7, 11) is 0. The molecule has 0 radical (unpaired) electrons. The van der Waals surface area contributed by atoms with Crippen LogP contribution < -0.4 is 0 Å². The second kappa shape index (κ2) is 5.18. The Hall–Kier alpha value is -1.99. The van der Waals surface area contributed by atoms with Crippen molar-refractivity contribution >= 4 is 40.0 Å². The Morgan fingerprint density at radius 2 is 2.10 bits per heavy atom. The first kappa shape index (κ1) is 13.0. The van der Waals surface area contributed by atoms with Crippen LogP contribution in [0, 0.1) is 6.92 Å². The molecule has 7 heteroatoms. The van der Waals surface area contributed by atoms with Gasteiger partial charge in [0.05, 0.1) is 11.2 Å². The smallest absolute Gasteiger partial charge is 0.347 e. The monoisotopic (exact) mass is 303 g/mol. The maximum atomic E-state index is 11.0. The van der Waals surface area contributed by atoms with Gasteiger partial charge in [0, 0.05) is 11.6 Å². The molecular weight excluding hydrogens is 294 g/mol. The van der Waals surface area contributed by atoms with Crippen LogP contribution in [0.2, 0.25) is 0 Å². The van der Waals surface area contributed by atoms with Gasteiger partial charge >= 0.3 is 5.97 Å². The molecule has 0 aliphatic rings. The summed E-state index contributed by atoms with van der Waals surface area (Å²) < 4.78 is 0.634. The van der Waals surface area contributed by atoms with Crippen LogP contribution in [-0.4, -0.2) is 26.0 Å². The first-order chi connectivity index (χ1) is 9.63. The topological polar surface area (TPSA) is 76.0 Å². The van der Waals surface area contributed by atoms with E-state index in [0.29, 0.717) is 15.2 Å². The number of nitrogens with zero attached hydrogens (tertiary/aromatic N) is 3. The van der Waals surface area contributed by atoms with Crippen molar-refractivity contribution in [2.24, 2.45) is 0 Å². The number of aromatic carboxylic acids is 1. The van der Waals surface area contributed by atoms with Gasteiger partial charge in [-0.15, -0.1) is 0 Å². The molecule has 0 aliphatic carbocycles. The van der Waals surface area contributed by atoms with E-state index in [1.807, 2.05) is 24.3 Å². The number of fused-ring (bicyclic) bond motifs is 1. The summed E-state index contributed by atoms with van der Waals surface area (Å²) >= 11 is 2.42. The third-order valence-electron chi connectivity index (χ3n) is 2.62. The summed E-state index contributed by atoms with van der Waals surface area (Å²) in [5, 5.41) is 10.6. The molecule has 0 spiro atoms. The van der Waals surface area contributed by atoms with Gasteiger partial charge in [-0.2, -0.15) is 0 Å². The van der Waals surface area contributed by atoms with E-state index in [-0.39, 0.29) is 4.88 Å². The van der Waals surface area contributed by atoms with E-state index >= 15 is 0 Å². The Morgan fingerprint density at radius 1 is 1.30 bits per heavy atom. The second-order valence-corrected chi connectivity index (χ2v) is 6.23. The van der Waals surface area contributed by atoms with Crippen LogP contribution >= 0.6 is 23.1 Å². The molecule has 0 saturated carbocycles. The average Bonchev–Trinajstić information content (AvgIpc) is 2.79. The molecular formula is C13H9N3O2S2. The Morgan fingerprint density at radius 3 is 2.85 bits per heavy atom. The largest absolute Gasteiger partial charge is 0.477 e. The van der Waals surface area contributed by atoms with E-state index < -0.39 is 5.97 Å². The van der Waals surface area contributed by atoms with Crippen LogP contribution in [0.1, 0.15) is 15.4 Å². The number of thiazole rings is 1. The van der Waals surface area contributed by atoms with Gasteiger partial charge in [-0.3, -0.25) is 0 Å². The minimum absolute atomic E-state index is 0.258. The molecule has 0 aliphatic heterocycles. The fourth-order valence-corrected chi connectivity index (χ4v) is 3.56. The van der Waals surface area contributed by atoms with Crippen molar-refractivity contribution in [3.05, 3.63) is 41.0 Å². The van der Waals surface area contributed by atoms with Crippen molar-refractivity contribution in [3.63, 3.8) is 0 Å². The van der Waals surface area contributed by atoms with Crippen molar-refractivity contribution in [1.29, 1.82) is 0 Å². The molecule has 0 bridgehead atoms. The highest BCUT2D eigenvalue weighted by Crippen LogP contribution is 2.31. The van der Waals surface area contributed by atoms with Gasteiger partial charge in [0.1, 0.15) is 4.88 Å².